The van der Waals surface area contributed by atoms with Crippen LogP contribution >= 0.6 is 0 Å². The van der Waals surface area contributed by atoms with Crippen LogP contribution in [0.3, 0.4) is 0 Å². The SMILES string of the molecule is Cc1ccc(CC2C=CC[C@@H]2O)cc1. The lowest BCUT2D eigenvalue weighted by atomic mass is 9.96. The Labute approximate surface area is 85.1 Å². The maximum atomic E-state index is 9.64. The van der Waals surface area contributed by atoms with Crippen molar-refractivity contribution in [3.63, 3.8) is 0 Å². The van der Waals surface area contributed by atoms with Crippen LogP contribution in [-0.2, 0) is 6.42 Å². The summed E-state index contributed by atoms with van der Waals surface area (Å²) >= 11 is 0. The first-order valence-corrected chi connectivity index (χ1v) is 5.16. The predicted molar refractivity (Wildman–Crippen MR) is 58.1 cm³/mol. The van der Waals surface area contributed by atoms with E-state index in [-0.39, 0.29) is 6.10 Å². The van der Waals surface area contributed by atoms with Gasteiger partial charge in [0.2, 0.25) is 0 Å². The summed E-state index contributed by atoms with van der Waals surface area (Å²) in [5.74, 6) is 0.317. The Morgan fingerprint density at radius 3 is 2.57 bits per heavy atom. The van der Waals surface area contributed by atoms with Crippen molar-refractivity contribution in [2.75, 3.05) is 0 Å². The molecule has 1 N–H and O–H groups in total. The Morgan fingerprint density at radius 2 is 2.00 bits per heavy atom. The lowest BCUT2D eigenvalue weighted by Crippen LogP contribution is -2.15. The van der Waals surface area contributed by atoms with Gasteiger partial charge in [-0.15, -0.1) is 0 Å². The Morgan fingerprint density at radius 1 is 1.29 bits per heavy atom. The highest BCUT2D eigenvalue weighted by atomic mass is 16.3. The smallest absolute Gasteiger partial charge is 0.0640 e. The van der Waals surface area contributed by atoms with Crippen LogP contribution in [0, 0.1) is 12.8 Å². The summed E-state index contributed by atoms with van der Waals surface area (Å²) in [4.78, 5) is 0. The van der Waals surface area contributed by atoms with Crippen LogP contribution in [-0.4, -0.2) is 11.2 Å². The number of aliphatic hydroxyl groups excluding tert-OH is 1. The Balaban J connectivity index is 2.03. The molecule has 1 aromatic rings. The minimum Gasteiger partial charge on any atom is -0.392 e. The van der Waals surface area contributed by atoms with Crippen molar-refractivity contribution < 1.29 is 5.11 Å². The molecule has 1 nitrogen and oxygen atoms in total. The van der Waals surface area contributed by atoms with Crippen molar-refractivity contribution in [2.24, 2.45) is 5.92 Å². The normalized spacial score (nSPS) is 25.6. The third kappa shape index (κ3) is 2.05. The third-order valence-electron chi connectivity index (χ3n) is 2.85. The number of benzene rings is 1. The first kappa shape index (κ1) is 9.47. The maximum Gasteiger partial charge on any atom is 0.0640 e. The second kappa shape index (κ2) is 3.97. The van der Waals surface area contributed by atoms with E-state index in [0.29, 0.717) is 5.92 Å². The van der Waals surface area contributed by atoms with Crippen LogP contribution in [0.5, 0.6) is 0 Å². The minimum atomic E-state index is -0.170. The highest BCUT2D eigenvalue weighted by molar-refractivity contribution is 5.23. The summed E-state index contributed by atoms with van der Waals surface area (Å²) in [7, 11) is 0. The summed E-state index contributed by atoms with van der Waals surface area (Å²) in [6, 6.07) is 8.54. The molecule has 1 aliphatic carbocycles. The van der Waals surface area contributed by atoms with Crippen molar-refractivity contribution in [2.45, 2.75) is 25.9 Å². The van der Waals surface area contributed by atoms with E-state index in [4.69, 9.17) is 0 Å². The van der Waals surface area contributed by atoms with E-state index in [1.165, 1.54) is 11.1 Å². The Hall–Kier alpha value is -1.08. The van der Waals surface area contributed by atoms with E-state index in [1.807, 2.05) is 0 Å². The van der Waals surface area contributed by atoms with E-state index in [9.17, 15) is 5.11 Å². The van der Waals surface area contributed by atoms with Crippen molar-refractivity contribution >= 4 is 0 Å². The highest BCUT2D eigenvalue weighted by Gasteiger charge is 2.19. The van der Waals surface area contributed by atoms with Gasteiger partial charge in [-0.3, -0.25) is 0 Å². The molecule has 0 fully saturated rings. The van der Waals surface area contributed by atoms with E-state index >= 15 is 0 Å². The molecule has 0 aliphatic heterocycles. The van der Waals surface area contributed by atoms with Crippen molar-refractivity contribution in [3.8, 4) is 0 Å². The minimum absolute atomic E-state index is 0.170. The summed E-state index contributed by atoms with van der Waals surface area (Å²) < 4.78 is 0. The molecule has 0 bridgehead atoms. The molecule has 0 heterocycles. The molecule has 14 heavy (non-hydrogen) atoms. The number of aliphatic hydroxyl groups is 1. The first-order valence-electron chi connectivity index (χ1n) is 5.16. The lowest BCUT2D eigenvalue weighted by Gasteiger charge is -2.13. The standard InChI is InChI=1S/C13H16O/c1-10-5-7-11(8-6-10)9-12-3-2-4-13(12)14/h2-3,5-8,12-14H,4,9H2,1H3/t12?,13-/m0/s1. The second-order valence-corrected chi connectivity index (χ2v) is 4.08. The van der Waals surface area contributed by atoms with Gasteiger partial charge < -0.3 is 5.11 Å². The van der Waals surface area contributed by atoms with Crippen LogP contribution in [0.4, 0.5) is 0 Å². The molecular weight excluding hydrogens is 172 g/mol. The molecule has 1 aliphatic rings. The Bertz CT molecular complexity index is 324. The number of aryl methyl sites for hydroxylation is 1. The van der Waals surface area contributed by atoms with Crippen molar-refractivity contribution in [3.05, 3.63) is 47.5 Å². The molecule has 0 aromatic heterocycles. The number of rotatable bonds is 2. The second-order valence-electron chi connectivity index (χ2n) is 4.08. The van der Waals surface area contributed by atoms with Crippen molar-refractivity contribution in [1.82, 2.24) is 0 Å². The van der Waals surface area contributed by atoms with Gasteiger partial charge in [0.25, 0.3) is 0 Å². The summed E-state index contributed by atoms with van der Waals surface area (Å²) in [5, 5.41) is 9.64. The largest absolute Gasteiger partial charge is 0.392 e. The van der Waals surface area contributed by atoms with Gasteiger partial charge >= 0.3 is 0 Å². The predicted octanol–water partition coefficient (Wildman–Crippen LogP) is 2.47. The quantitative estimate of drug-likeness (QED) is 0.707. The zero-order valence-corrected chi connectivity index (χ0v) is 8.48. The molecule has 1 unspecified atom stereocenters. The summed E-state index contributed by atoms with van der Waals surface area (Å²) in [6.07, 6.45) is 5.80. The zero-order valence-electron chi connectivity index (χ0n) is 8.48. The maximum absolute atomic E-state index is 9.64. The molecular formula is C13H16O. The number of hydrogen-bond donors (Lipinski definition) is 1. The van der Waals surface area contributed by atoms with E-state index < -0.39 is 0 Å². The van der Waals surface area contributed by atoms with E-state index in [1.54, 1.807) is 0 Å². The summed E-state index contributed by atoms with van der Waals surface area (Å²) in [5.41, 5.74) is 2.60. The van der Waals surface area contributed by atoms with Crippen LogP contribution < -0.4 is 0 Å². The fraction of sp³-hybridized carbons (Fsp3) is 0.385. The van der Waals surface area contributed by atoms with Crippen LogP contribution in [0.25, 0.3) is 0 Å². The Kier molecular flexibility index (Phi) is 2.69. The monoisotopic (exact) mass is 188 g/mol. The molecule has 0 amide bonds. The molecule has 74 valence electrons. The number of hydrogen-bond acceptors (Lipinski definition) is 1. The van der Waals surface area contributed by atoms with Crippen LogP contribution in [0.2, 0.25) is 0 Å². The third-order valence-corrected chi connectivity index (χ3v) is 2.85. The van der Waals surface area contributed by atoms with E-state index in [2.05, 4.69) is 43.3 Å². The van der Waals surface area contributed by atoms with E-state index in [0.717, 1.165) is 12.8 Å². The molecule has 0 saturated heterocycles. The highest BCUT2D eigenvalue weighted by Crippen LogP contribution is 2.22. The van der Waals surface area contributed by atoms with Crippen molar-refractivity contribution in [1.29, 1.82) is 0 Å². The molecule has 2 rings (SSSR count). The van der Waals surface area contributed by atoms with Gasteiger partial charge in [-0.25, -0.2) is 0 Å². The van der Waals surface area contributed by atoms with Gasteiger partial charge in [0.15, 0.2) is 0 Å². The molecule has 1 heteroatoms. The van der Waals surface area contributed by atoms with Gasteiger partial charge in [0.05, 0.1) is 6.10 Å². The van der Waals surface area contributed by atoms with Gasteiger partial charge in [-0.2, -0.15) is 0 Å². The molecule has 2 atom stereocenters. The van der Waals surface area contributed by atoms with Crippen LogP contribution in [0.15, 0.2) is 36.4 Å². The first-order chi connectivity index (χ1) is 6.75. The zero-order chi connectivity index (χ0) is 9.97. The van der Waals surface area contributed by atoms with Gasteiger partial charge in [-0.1, -0.05) is 42.0 Å². The van der Waals surface area contributed by atoms with Gasteiger partial charge in [0, 0.05) is 5.92 Å². The molecule has 0 spiro atoms. The lowest BCUT2D eigenvalue weighted by molar-refractivity contribution is 0.143. The topological polar surface area (TPSA) is 20.2 Å². The average Bonchev–Trinajstić information content (AvgIpc) is 2.56. The van der Waals surface area contributed by atoms with Crippen LogP contribution in [0.1, 0.15) is 17.5 Å². The molecule has 0 saturated carbocycles. The fourth-order valence-corrected chi connectivity index (χ4v) is 1.90. The molecule has 0 radical (unpaired) electrons. The summed E-state index contributed by atoms with van der Waals surface area (Å²) in [6.45, 7) is 2.09. The molecule has 1 aromatic carbocycles. The average molecular weight is 188 g/mol. The fourth-order valence-electron chi connectivity index (χ4n) is 1.90. The van der Waals surface area contributed by atoms with Gasteiger partial charge in [0.1, 0.15) is 0 Å². The van der Waals surface area contributed by atoms with Gasteiger partial charge in [-0.05, 0) is 25.3 Å².